The van der Waals surface area contributed by atoms with E-state index in [1.807, 2.05) is 17.8 Å². The fourth-order valence-electron chi connectivity index (χ4n) is 3.35. The number of amides is 1. The van der Waals surface area contributed by atoms with Crippen molar-refractivity contribution in [1.29, 1.82) is 0 Å². The van der Waals surface area contributed by atoms with Crippen LogP contribution in [0.1, 0.15) is 22.1 Å². The first-order valence-corrected chi connectivity index (χ1v) is 8.34. The molecule has 4 rings (SSSR count). The number of likely N-dealkylation sites (tertiary alicyclic amines) is 1. The van der Waals surface area contributed by atoms with E-state index in [0.717, 1.165) is 5.69 Å². The van der Waals surface area contributed by atoms with Crippen LogP contribution in [0.2, 0.25) is 0 Å². The van der Waals surface area contributed by atoms with Gasteiger partial charge in [0.25, 0.3) is 5.91 Å². The number of hydrogen-bond acceptors (Lipinski definition) is 4. The summed E-state index contributed by atoms with van der Waals surface area (Å²) in [7, 11) is 1.90. The lowest BCUT2D eigenvalue weighted by molar-refractivity contribution is 0.0781. The van der Waals surface area contributed by atoms with Gasteiger partial charge in [0.1, 0.15) is 11.5 Å². The first kappa shape index (κ1) is 16.5. The van der Waals surface area contributed by atoms with Crippen molar-refractivity contribution in [2.24, 2.45) is 12.8 Å². The molecule has 134 valence electrons. The Labute approximate surface area is 149 Å². The zero-order valence-corrected chi connectivity index (χ0v) is 14.3. The number of rotatable bonds is 3. The molecule has 0 spiro atoms. The maximum Gasteiger partial charge on any atom is 0.272 e. The van der Waals surface area contributed by atoms with Crippen molar-refractivity contribution in [2.45, 2.75) is 12.0 Å². The predicted octanol–water partition coefficient (Wildman–Crippen LogP) is 1.31. The Hall–Kier alpha value is -3.00. The summed E-state index contributed by atoms with van der Waals surface area (Å²) in [5.74, 6) is -0.478. The van der Waals surface area contributed by atoms with Gasteiger partial charge in [0, 0.05) is 44.0 Å². The first-order chi connectivity index (χ1) is 12.5. The summed E-state index contributed by atoms with van der Waals surface area (Å²) in [6.45, 7) is 0.959. The Kier molecular flexibility index (Phi) is 4.04. The Morgan fingerprint density at radius 1 is 1.23 bits per heavy atom. The van der Waals surface area contributed by atoms with Gasteiger partial charge in [0.05, 0.1) is 24.5 Å². The van der Waals surface area contributed by atoms with Crippen molar-refractivity contribution < 1.29 is 9.18 Å². The molecular weight excluding hydrogens is 335 g/mol. The molecule has 1 aliphatic rings. The number of aromatic nitrogens is 4. The SMILES string of the molecule is Cn1cnc([C@@H]2CN(C(=O)c3cncn3-c3ccc(F)cc3)C[C@H]2N)c1. The summed E-state index contributed by atoms with van der Waals surface area (Å²) in [4.78, 5) is 23.2. The van der Waals surface area contributed by atoms with Crippen LogP contribution in [-0.2, 0) is 7.05 Å². The molecule has 2 atom stereocenters. The molecule has 1 aromatic carbocycles. The molecule has 1 saturated heterocycles. The van der Waals surface area contributed by atoms with Crippen molar-refractivity contribution in [3.63, 3.8) is 0 Å². The van der Waals surface area contributed by atoms with Crippen molar-refractivity contribution >= 4 is 5.91 Å². The van der Waals surface area contributed by atoms with E-state index in [9.17, 15) is 9.18 Å². The fraction of sp³-hybridized carbons (Fsp3) is 0.278. The smallest absolute Gasteiger partial charge is 0.272 e. The predicted molar refractivity (Wildman–Crippen MR) is 93.3 cm³/mol. The third kappa shape index (κ3) is 2.88. The number of imidazole rings is 2. The number of benzene rings is 1. The molecule has 0 aliphatic carbocycles. The van der Waals surface area contributed by atoms with Gasteiger partial charge >= 0.3 is 0 Å². The van der Waals surface area contributed by atoms with E-state index in [0.29, 0.717) is 24.5 Å². The van der Waals surface area contributed by atoms with E-state index < -0.39 is 0 Å². The topological polar surface area (TPSA) is 82.0 Å². The number of carbonyl (C=O) groups excluding carboxylic acids is 1. The van der Waals surface area contributed by atoms with Gasteiger partial charge in [-0.3, -0.25) is 9.36 Å². The van der Waals surface area contributed by atoms with Crippen LogP contribution in [-0.4, -0.2) is 49.0 Å². The van der Waals surface area contributed by atoms with Gasteiger partial charge in [-0.05, 0) is 24.3 Å². The summed E-state index contributed by atoms with van der Waals surface area (Å²) in [5, 5.41) is 0. The molecule has 8 heteroatoms. The molecule has 3 heterocycles. The van der Waals surface area contributed by atoms with Crippen LogP contribution in [0.5, 0.6) is 0 Å². The maximum absolute atomic E-state index is 13.2. The number of carbonyl (C=O) groups is 1. The zero-order valence-electron chi connectivity index (χ0n) is 14.3. The second-order valence-corrected chi connectivity index (χ2v) is 6.57. The number of nitrogens with zero attached hydrogens (tertiary/aromatic N) is 5. The van der Waals surface area contributed by atoms with Crippen LogP contribution in [0.25, 0.3) is 5.69 Å². The van der Waals surface area contributed by atoms with Crippen molar-refractivity contribution in [2.75, 3.05) is 13.1 Å². The number of hydrogen-bond donors (Lipinski definition) is 1. The lowest BCUT2D eigenvalue weighted by Crippen LogP contribution is -2.33. The lowest BCUT2D eigenvalue weighted by Gasteiger charge is -2.17. The standard InChI is InChI=1S/C18H19FN6O/c1-23-9-16(22-11-23)14-7-24(8-15(14)20)18(26)17-6-21-10-25(17)13-4-2-12(19)3-5-13/h2-6,9-11,14-15H,7-8,20H2,1H3/t14-,15-/m1/s1. The summed E-state index contributed by atoms with van der Waals surface area (Å²) in [5.41, 5.74) is 8.25. The first-order valence-electron chi connectivity index (χ1n) is 8.34. The van der Waals surface area contributed by atoms with Gasteiger partial charge in [-0.2, -0.15) is 0 Å². The normalized spacial score (nSPS) is 19.9. The van der Waals surface area contributed by atoms with Crippen LogP contribution in [0.15, 0.2) is 49.3 Å². The van der Waals surface area contributed by atoms with Gasteiger partial charge in [0.2, 0.25) is 0 Å². The Morgan fingerprint density at radius 2 is 2.00 bits per heavy atom. The van der Waals surface area contributed by atoms with Gasteiger partial charge in [0.15, 0.2) is 0 Å². The van der Waals surface area contributed by atoms with Crippen LogP contribution in [0.4, 0.5) is 4.39 Å². The van der Waals surface area contributed by atoms with E-state index >= 15 is 0 Å². The molecule has 0 unspecified atom stereocenters. The summed E-state index contributed by atoms with van der Waals surface area (Å²) < 4.78 is 16.7. The molecule has 3 aromatic rings. The average molecular weight is 354 g/mol. The van der Waals surface area contributed by atoms with Crippen LogP contribution >= 0.6 is 0 Å². The van der Waals surface area contributed by atoms with E-state index in [4.69, 9.17) is 5.73 Å². The summed E-state index contributed by atoms with van der Waals surface area (Å²) in [6, 6.07) is 5.76. The molecule has 1 fully saturated rings. The van der Waals surface area contributed by atoms with E-state index in [1.54, 1.807) is 34.3 Å². The van der Waals surface area contributed by atoms with Crippen LogP contribution in [0.3, 0.4) is 0 Å². The average Bonchev–Trinajstić information content (AvgIpc) is 3.34. The highest BCUT2D eigenvalue weighted by atomic mass is 19.1. The molecule has 2 N–H and O–H groups in total. The van der Waals surface area contributed by atoms with Crippen LogP contribution in [0, 0.1) is 5.82 Å². The van der Waals surface area contributed by atoms with Crippen molar-refractivity contribution in [1.82, 2.24) is 24.0 Å². The Morgan fingerprint density at radius 3 is 2.69 bits per heavy atom. The van der Waals surface area contributed by atoms with Gasteiger partial charge in [-0.15, -0.1) is 0 Å². The minimum absolute atomic E-state index is 0.00217. The molecule has 0 radical (unpaired) electrons. The molecule has 2 aromatic heterocycles. The Balaban J connectivity index is 1.57. The molecule has 1 amide bonds. The molecule has 1 aliphatic heterocycles. The monoisotopic (exact) mass is 354 g/mol. The minimum atomic E-state index is -0.328. The number of halogens is 1. The third-order valence-electron chi connectivity index (χ3n) is 4.72. The minimum Gasteiger partial charge on any atom is -0.340 e. The van der Waals surface area contributed by atoms with E-state index in [-0.39, 0.29) is 23.7 Å². The molecule has 7 nitrogen and oxygen atoms in total. The fourth-order valence-corrected chi connectivity index (χ4v) is 3.35. The van der Waals surface area contributed by atoms with E-state index in [1.165, 1.54) is 18.3 Å². The lowest BCUT2D eigenvalue weighted by atomic mass is 10.0. The second-order valence-electron chi connectivity index (χ2n) is 6.57. The van der Waals surface area contributed by atoms with Crippen LogP contribution < -0.4 is 5.73 Å². The zero-order chi connectivity index (χ0) is 18.3. The maximum atomic E-state index is 13.2. The summed E-state index contributed by atoms with van der Waals surface area (Å²) in [6.07, 6.45) is 6.73. The molecule has 0 saturated carbocycles. The number of nitrogens with two attached hydrogens (primary N) is 1. The van der Waals surface area contributed by atoms with Gasteiger partial charge in [-0.25, -0.2) is 14.4 Å². The molecular formula is C18H19FN6O. The van der Waals surface area contributed by atoms with E-state index in [2.05, 4.69) is 9.97 Å². The Bertz CT molecular complexity index is 931. The quantitative estimate of drug-likeness (QED) is 0.769. The van der Waals surface area contributed by atoms with Gasteiger partial charge < -0.3 is 15.2 Å². The second kappa shape index (κ2) is 6.38. The highest BCUT2D eigenvalue weighted by Gasteiger charge is 2.36. The highest BCUT2D eigenvalue weighted by molar-refractivity contribution is 5.93. The van der Waals surface area contributed by atoms with Gasteiger partial charge in [-0.1, -0.05) is 0 Å². The summed E-state index contributed by atoms with van der Waals surface area (Å²) >= 11 is 0. The highest BCUT2D eigenvalue weighted by Crippen LogP contribution is 2.26. The van der Waals surface area contributed by atoms with Crippen molar-refractivity contribution in [3.8, 4) is 5.69 Å². The molecule has 0 bridgehead atoms. The largest absolute Gasteiger partial charge is 0.340 e. The molecule has 26 heavy (non-hydrogen) atoms. The number of aryl methyl sites for hydroxylation is 1. The van der Waals surface area contributed by atoms with Crippen molar-refractivity contribution in [3.05, 3.63) is 66.5 Å². The third-order valence-corrected chi connectivity index (χ3v) is 4.72.